The highest BCUT2D eigenvalue weighted by Gasteiger charge is 2.14. The van der Waals surface area contributed by atoms with Gasteiger partial charge in [0.25, 0.3) is 0 Å². The van der Waals surface area contributed by atoms with Gasteiger partial charge in [-0.25, -0.2) is 0 Å². The molecule has 90 valence electrons. The Morgan fingerprint density at radius 3 is 2.38 bits per heavy atom. The van der Waals surface area contributed by atoms with E-state index in [2.05, 4.69) is 9.69 Å². The van der Waals surface area contributed by atoms with Crippen LogP contribution in [0.3, 0.4) is 0 Å². The predicted molar refractivity (Wildman–Crippen MR) is 71.0 cm³/mol. The van der Waals surface area contributed by atoms with Gasteiger partial charge in [-0.15, -0.1) is 0 Å². The summed E-state index contributed by atoms with van der Waals surface area (Å²) >= 11 is 1.50. The van der Waals surface area contributed by atoms with Gasteiger partial charge in [-0.05, 0) is 31.3 Å². The molecular formula is C12H21N3S. The Morgan fingerprint density at radius 1 is 1.19 bits per heavy atom. The van der Waals surface area contributed by atoms with Crippen molar-refractivity contribution in [1.29, 1.82) is 0 Å². The molecule has 1 aliphatic carbocycles. The third-order valence-electron chi connectivity index (χ3n) is 3.40. The van der Waals surface area contributed by atoms with E-state index >= 15 is 0 Å². The van der Waals surface area contributed by atoms with Crippen molar-refractivity contribution in [2.24, 2.45) is 0 Å². The molecule has 4 heteroatoms. The molecule has 1 saturated carbocycles. The highest BCUT2D eigenvalue weighted by atomic mass is 32.1. The first-order chi connectivity index (χ1) is 7.77. The monoisotopic (exact) mass is 239 g/mol. The van der Waals surface area contributed by atoms with Crippen LogP contribution in [0.15, 0.2) is 0 Å². The maximum atomic E-state index is 5.76. The Bertz CT molecular complexity index is 327. The first-order valence-electron chi connectivity index (χ1n) is 6.25. The van der Waals surface area contributed by atoms with Crippen LogP contribution in [0, 0.1) is 6.92 Å². The van der Waals surface area contributed by atoms with Crippen LogP contribution < -0.4 is 11.1 Å². The topological polar surface area (TPSA) is 50.9 Å². The third-order valence-corrected chi connectivity index (χ3v) is 4.30. The zero-order chi connectivity index (χ0) is 11.4. The van der Waals surface area contributed by atoms with Crippen LogP contribution in [-0.4, -0.2) is 10.4 Å². The fourth-order valence-electron chi connectivity index (χ4n) is 2.27. The van der Waals surface area contributed by atoms with Crippen LogP contribution in [0.25, 0.3) is 0 Å². The van der Waals surface area contributed by atoms with E-state index in [0.717, 1.165) is 5.56 Å². The number of aromatic nitrogens is 1. The molecule has 0 atom stereocenters. The lowest BCUT2D eigenvalue weighted by molar-refractivity contribution is 0.472. The number of hydrogen-bond donors (Lipinski definition) is 2. The van der Waals surface area contributed by atoms with Crippen molar-refractivity contribution in [3.05, 3.63) is 5.56 Å². The van der Waals surface area contributed by atoms with Crippen LogP contribution >= 0.6 is 11.5 Å². The smallest absolute Gasteiger partial charge is 0.142 e. The quantitative estimate of drug-likeness (QED) is 0.829. The fraction of sp³-hybridized carbons (Fsp3) is 0.750. The molecule has 0 unspecified atom stereocenters. The van der Waals surface area contributed by atoms with Crippen molar-refractivity contribution >= 4 is 22.4 Å². The summed E-state index contributed by atoms with van der Waals surface area (Å²) in [5.74, 6) is 0.679. The van der Waals surface area contributed by atoms with Gasteiger partial charge < -0.3 is 11.1 Å². The Kier molecular flexibility index (Phi) is 4.04. The average molecular weight is 239 g/mol. The van der Waals surface area contributed by atoms with Gasteiger partial charge in [0.15, 0.2) is 0 Å². The minimum atomic E-state index is 0.624. The summed E-state index contributed by atoms with van der Waals surface area (Å²) in [6, 6.07) is 0.624. The lowest BCUT2D eigenvalue weighted by Gasteiger charge is -2.21. The van der Waals surface area contributed by atoms with Gasteiger partial charge in [-0.2, -0.15) is 4.37 Å². The largest absolute Gasteiger partial charge is 0.383 e. The molecule has 0 bridgehead atoms. The fourth-order valence-corrected chi connectivity index (χ4v) is 3.06. The molecule has 2 rings (SSSR count). The molecule has 1 aromatic rings. The second kappa shape index (κ2) is 5.53. The molecule has 1 heterocycles. The first kappa shape index (κ1) is 11.7. The van der Waals surface area contributed by atoms with Crippen molar-refractivity contribution in [2.75, 3.05) is 11.1 Å². The standard InChI is InChI=1S/C12H21N3S/c1-9-11(13)15-16-12(9)14-10-7-5-3-2-4-6-8-10/h10,14H,2-8H2,1H3,(H2,13,15). The number of hydrogen-bond acceptors (Lipinski definition) is 4. The number of nitrogens with zero attached hydrogens (tertiary/aromatic N) is 1. The van der Waals surface area contributed by atoms with Crippen LogP contribution in [0.1, 0.15) is 50.5 Å². The van der Waals surface area contributed by atoms with E-state index in [0.29, 0.717) is 11.9 Å². The average Bonchev–Trinajstić information content (AvgIpc) is 2.53. The minimum absolute atomic E-state index is 0.624. The highest BCUT2D eigenvalue weighted by molar-refractivity contribution is 7.10. The van der Waals surface area contributed by atoms with Crippen LogP contribution in [0.4, 0.5) is 10.8 Å². The van der Waals surface area contributed by atoms with Crippen molar-refractivity contribution in [3.8, 4) is 0 Å². The third kappa shape index (κ3) is 2.88. The molecule has 0 aliphatic heterocycles. The molecule has 1 fully saturated rings. The Balaban J connectivity index is 1.94. The summed E-state index contributed by atoms with van der Waals surface area (Å²) < 4.78 is 4.18. The number of nitrogen functional groups attached to an aromatic ring is 1. The van der Waals surface area contributed by atoms with Crippen LogP contribution in [-0.2, 0) is 0 Å². The Labute approximate surface area is 102 Å². The SMILES string of the molecule is Cc1c(N)nsc1NC1CCCCCCC1. The lowest BCUT2D eigenvalue weighted by atomic mass is 9.97. The molecule has 1 aromatic heterocycles. The molecule has 3 N–H and O–H groups in total. The predicted octanol–water partition coefficient (Wildman–Crippen LogP) is 3.56. The molecule has 0 aromatic carbocycles. The zero-order valence-electron chi connectivity index (χ0n) is 9.96. The van der Waals surface area contributed by atoms with E-state index in [-0.39, 0.29) is 0 Å². The number of nitrogens with one attached hydrogen (secondary N) is 1. The van der Waals surface area contributed by atoms with Crippen molar-refractivity contribution in [3.63, 3.8) is 0 Å². The molecule has 16 heavy (non-hydrogen) atoms. The number of rotatable bonds is 2. The molecule has 1 aliphatic rings. The van der Waals surface area contributed by atoms with Gasteiger partial charge in [-0.1, -0.05) is 32.1 Å². The van der Waals surface area contributed by atoms with Gasteiger partial charge in [-0.3, -0.25) is 0 Å². The van der Waals surface area contributed by atoms with Gasteiger partial charge in [0.2, 0.25) is 0 Å². The van der Waals surface area contributed by atoms with Gasteiger partial charge in [0.1, 0.15) is 10.8 Å². The Morgan fingerprint density at radius 2 is 1.81 bits per heavy atom. The van der Waals surface area contributed by atoms with Crippen molar-refractivity contribution in [1.82, 2.24) is 4.37 Å². The van der Waals surface area contributed by atoms with E-state index in [1.54, 1.807) is 0 Å². The van der Waals surface area contributed by atoms with Crippen molar-refractivity contribution < 1.29 is 0 Å². The maximum Gasteiger partial charge on any atom is 0.142 e. The second-order valence-corrected chi connectivity index (χ2v) is 5.48. The number of anilines is 2. The minimum Gasteiger partial charge on any atom is -0.383 e. The van der Waals surface area contributed by atoms with E-state index in [4.69, 9.17) is 5.73 Å². The summed E-state index contributed by atoms with van der Waals surface area (Å²) in [6.45, 7) is 2.05. The summed E-state index contributed by atoms with van der Waals surface area (Å²) in [5.41, 5.74) is 6.88. The van der Waals surface area contributed by atoms with Crippen LogP contribution in [0.5, 0.6) is 0 Å². The summed E-state index contributed by atoms with van der Waals surface area (Å²) in [5, 5.41) is 4.78. The lowest BCUT2D eigenvalue weighted by Crippen LogP contribution is -2.20. The normalized spacial score (nSPS) is 19.1. The van der Waals surface area contributed by atoms with E-state index in [9.17, 15) is 0 Å². The summed E-state index contributed by atoms with van der Waals surface area (Å²) in [7, 11) is 0. The van der Waals surface area contributed by atoms with Gasteiger partial charge in [0, 0.05) is 11.6 Å². The van der Waals surface area contributed by atoms with E-state index in [1.807, 2.05) is 6.92 Å². The molecule has 0 radical (unpaired) electrons. The summed E-state index contributed by atoms with van der Waals surface area (Å²) in [6.07, 6.45) is 9.48. The first-order valence-corrected chi connectivity index (χ1v) is 7.03. The molecule has 3 nitrogen and oxygen atoms in total. The Hall–Kier alpha value is -0.770. The molecular weight excluding hydrogens is 218 g/mol. The van der Waals surface area contributed by atoms with E-state index in [1.165, 1.54) is 61.5 Å². The maximum absolute atomic E-state index is 5.76. The van der Waals surface area contributed by atoms with E-state index < -0.39 is 0 Å². The van der Waals surface area contributed by atoms with Gasteiger partial charge >= 0.3 is 0 Å². The van der Waals surface area contributed by atoms with Gasteiger partial charge in [0.05, 0.1) is 0 Å². The summed E-state index contributed by atoms with van der Waals surface area (Å²) in [4.78, 5) is 0. The highest BCUT2D eigenvalue weighted by Crippen LogP contribution is 2.28. The molecule has 0 amide bonds. The molecule has 0 spiro atoms. The van der Waals surface area contributed by atoms with Crippen molar-refractivity contribution in [2.45, 2.75) is 57.9 Å². The van der Waals surface area contributed by atoms with Crippen LogP contribution in [0.2, 0.25) is 0 Å². The molecule has 0 saturated heterocycles. The second-order valence-electron chi connectivity index (χ2n) is 4.71. The zero-order valence-corrected chi connectivity index (χ0v) is 10.8. The number of nitrogens with two attached hydrogens (primary N) is 1.